The zero-order valence-electron chi connectivity index (χ0n) is 8.52. The highest BCUT2D eigenvalue weighted by atomic mass is 16.4. The van der Waals surface area contributed by atoms with Crippen LogP contribution < -0.4 is 10.6 Å². The minimum Gasteiger partial charge on any atom is -0.441 e. The lowest BCUT2D eigenvalue weighted by molar-refractivity contribution is -0.114. The number of rotatable bonds is 3. The molecule has 0 unspecified atom stereocenters. The highest BCUT2D eigenvalue weighted by molar-refractivity contribution is 6.00. The van der Waals surface area contributed by atoms with Gasteiger partial charge in [0, 0.05) is 26.2 Å². The predicted octanol–water partition coefficient (Wildman–Crippen LogP) is 0.738. The Balaban J connectivity index is 2.98. The summed E-state index contributed by atoms with van der Waals surface area (Å²) in [6.45, 7) is 0. The molecule has 5 nitrogen and oxygen atoms in total. The first-order valence-corrected chi connectivity index (χ1v) is 4.23. The smallest absolute Gasteiger partial charge is 0.259 e. The Kier molecular flexibility index (Phi) is 3.13. The van der Waals surface area contributed by atoms with Crippen LogP contribution in [0.3, 0.4) is 0 Å². The zero-order valence-corrected chi connectivity index (χ0v) is 8.52. The van der Waals surface area contributed by atoms with E-state index in [9.17, 15) is 4.79 Å². The van der Waals surface area contributed by atoms with Gasteiger partial charge in [-0.15, -0.1) is 0 Å². The molecule has 0 saturated carbocycles. The summed E-state index contributed by atoms with van der Waals surface area (Å²) in [4.78, 5) is 12.5. The first-order chi connectivity index (χ1) is 7.04. The number of nitrogens with zero attached hydrogens (tertiary/aromatic N) is 2. The van der Waals surface area contributed by atoms with E-state index in [1.807, 2.05) is 14.1 Å². The van der Waals surface area contributed by atoms with E-state index in [1.165, 1.54) is 6.08 Å². The summed E-state index contributed by atoms with van der Waals surface area (Å²) in [6.07, 6.45) is 1.31. The Morgan fingerprint density at radius 2 is 2.27 bits per heavy atom. The standard InChI is InChI=1S/C10H11N3O2/c1-13(2)9-4-3-8(15-9)5-7(6-11)10(12)14/h3-5H,1-2H3,(H2,12,14)/b7-5+. The third-order valence-electron chi connectivity index (χ3n) is 1.73. The van der Waals surface area contributed by atoms with Gasteiger partial charge in [-0.3, -0.25) is 4.79 Å². The fraction of sp³-hybridized carbons (Fsp3) is 0.200. The van der Waals surface area contributed by atoms with E-state index in [1.54, 1.807) is 23.1 Å². The van der Waals surface area contributed by atoms with E-state index < -0.39 is 5.91 Å². The van der Waals surface area contributed by atoms with Crippen LogP contribution in [-0.2, 0) is 4.79 Å². The van der Waals surface area contributed by atoms with E-state index >= 15 is 0 Å². The van der Waals surface area contributed by atoms with Crippen LogP contribution in [0, 0.1) is 11.3 Å². The molecule has 0 saturated heterocycles. The third kappa shape index (κ3) is 2.61. The van der Waals surface area contributed by atoms with E-state index in [0.717, 1.165) is 0 Å². The van der Waals surface area contributed by atoms with E-state index in [-0.39, 0.29) is 5.57 Å². The lowest BCUT2D eigenvalue weighted by Gasteiger charge is -2.05. The molecule has 1 aromatic rings. The van der Waals surface area contributed by atoms with Crippen LogP contribution in [0.5, 0.6) is 0 Å². The molecular weight excluding hydrogens is 194 g/mol. The van der Waals surface area contributed by atoms with Crippen molar-refractivity contribution >= 4 is 17.9 Å². The van der Waals surface area contributed by atoms with Crippen molar-refractivity contribution in [2.75, 3.05) is 19.0 Å². The molecule has 15 heavy (non-hydrogen) atoms. The van der Waals surface area contributed by atoms with Crippen molar-refractivity contribution in [2.24, 2.45) is 5.73 Å². The number of furan rings is 1. The van der Waals surface area contributed by atoms with Crippen LogP contribution in [0.4, 0.5) is 5.88 Å². The number of nitrogens with two attached hydrogens (primary N) is 1. The average Bonchev–Trinajstić information content (AvgIpc) is 2.61. The summed E-state index contributed by atoms with van der Waals surface area (Å²) in [5, 5.41) is 8.60. The Morgan fingerprint density at radius 1 is 1.60 bits per heavy atom. The van der Waals surface area contributed by atoms with Crippen molar-refractivity contribution in [1.82, 2.24) is 0 Å². The van der Waals surface area contributed by atoms with Crippen LogP contribution in [-0.4, -0.2) is 20.0 Å². The van der Waals surface area contributed by atoms with Crippen molar-refractivity contribution in [3.05, 3.63) is 23.5 Å². The van der Waals surface area contributed by atoms with Gasteiger partial charge in [0.05, 0.1) is 0 Å². The van der Waals surface area contributed by atoms with Crippen molar-refractivity contribution < 1.29 is 9.21 Å². The largest absolute Gasteiger partial charge is 0.441 e. The third-order valence-corrected chi connectivity index (χ3v) is 1.73. The number of hydrogen-bond acceptors (Lipinski definition) is 4. The molecule has 0 aliphatic heterocycles. The SMILES string of the molecule is CN(C)c1ccc(/C=C(\C#N)C(N)=O)o1. The number of nitriles is 1. The minimum atomic E-state index is -0.764. The summed E-state index contributed by atoms with van der Waals surface area (Å²) in [7, 11) is 3.65. The second-order valence-electron chi connectivity index (χ2n) is 3.10. The normalized spacial score (nSPS) is 10.9. The summed E-state index contributed by atoms with van der Waals surface area (Å²) < 4.78 is 5.32. The molecule has 0 fully saturated rings. The molecule has 5 heteroatoms. The average molecular weight is 205 g/mol. The molecule has 78 valence electrons. The highest BCUT2D eigenvalue weighted by Gasteiger charge is 2.06. The van der Waals surface area contributed by atoms with Crippen molar-refractivity contribution in [1.29, 1.82) is 5.26 Å². The Hall–Kier alpha value is -2.22. The summed E-state index contributed by atoms with van der Waals surface area (Å²) >= 11 is 0. The first-order valence-electron chi connectivity index (χ1n) is 4.23. The van der Waals surface area contributed by atoms with Crippen LogP contribution in [0.2, 0.25) is 0 Å². The molecule has 0 aliphatic rings. The molecular formula is C10H11N3O2. The van der Waals surface area contributed by atoms with Gasteiger partial charge in [0.2, 0.25) is 0 Å². The van der Waals surface area contributed by atoms with E-state index in [4.69, 9.17) is 15.4 Å². The topological polar surface area (TPSA) is 83.3 Å². The molecule has 0 radical (unpaired) electrons. The molecule has 1 heterocycles. The number of carbonyl (C=O) groups is 1. The first kappa shape index (κ1) is 10.9. The quantitative estimate of drug-likeness (QED) is 0.582. The second kappa shape index (κ2) is 4.33. The minimum absolute atomic E-state index is 0.130. The number of hydrogen-bond donors (Lipinski definition) is 1. The van der Waals surface area contributed by atoms with Gasteiger partial charge < -0.3 is 15.1 Å². The van der Waals surface area contributed by atoms with Crippen LogP contribution in [0.15, 0.2) is 22.1 Å². The van der Waals surface area contributed by atoms with Crippen LogP contribution >= 0.6 is 0 Å². The van der Waals surface area contributed by atoms with Crippen LogP contribution in [0.25, 0.3) is 6.08 Å². The van der Waals surface area contributed by atoms with Crippen molar-refractivity contribution in [3.63, 3.8) is 0 Å². The lowest BCUT2D eigenvalue weighted by Crippen LogP contribution is -2.12. The number of amides is 1. The molecule has 0 spiro atoms. The van der Waals surface area contributed by atoms with Gasteiger partial charge in [-0.2, -0.15) is 5.26 Å². The zero-order chi connectivity index (χ0) is 11.4. The van der Waals surface area contributed by atoms with Crippen LogP contribution in [0.1, 0.15) is 5.76 Å². The monoisotopic (exact) mass is 205 g/mol. The van der Waals surface area contributed by atoms with Gasteiger partial charge in [-0.25, -0.2) is 0 Å². The summed E-state index contributed by atoms with van der Waals surface area (Å²) in [6, 6.07) is 5.10. The maximum atomic E-state index is 10.8. The second-order valence-corrected chi connectivity index (χ2v) is 3.10. The summed E-state index contributed by atoms with van der Waals surface area (Å²) in [5.74, 6) is 0.303. The molecule has 1 rings (SSSR count). The maximum Gasteiger partial charge on any atom is 0.259 e. The summed E-state index contributed by atoms with van der Waals surface area (Å²) in [5.41, 5.74) is 4.85. The predicted molar refractivity (Wildman–Crippen MR) is 55.8 cm³/mol. The number of carbonyl (C=O) groups excluding carboxylic acids is 1. The van der Waals surface area contributed by atoms with Crippen molar-refractivity contribution in [2.45, 2.75) is 0 Å². The lowest BCUT2D eigenvalue weighted by atomic mass is 10.2. The van der Waals surface area contributed by atoms with Gasteiger partial charge in [0.15, 0.2) is 5.88 Å². The fourth-order valence-electron chi connectivity index (χ4n) is 0.961. The maximum absolute atomic E-state index is 10.8. The van der Waals surface area contributed by atoms with Gasteiger partial charge in [0.25, 0.3) is 5.91 Å². The Labute approximate surface area is 87.4 Å². The number of anilines is 1. The molecule has 0 bridgehead atoms. The Bertz CT molecular complexity index is 438. The molecule has 2 N–H and O–H groups in total. The molecule has 0 atom stereocenters. The van der Waals surface area contributed by atoms with E-state index in [2.05, 4.69) is 0 Å². The van der Waals surface area contributed by atoms with Crippen molar-refractivity contribution in [3.8, 4) is 6.07 Å². The van der Waals surface area contributed by atoms with Gasteiger partial charge in [-0.1, -0.05) is 0 Å². The molecule has 1 amide bonds. The van der Waals surface area contributed by atoms with Gasteiger partial charge in [-0.05, 0) is 6.07 Å². The number of primary amides is 1. The Morgan fingerprint density at radius 3 is 2.67 bits per heavy atom. The van der Waals surface area contributed by atoms with Gasteiger partial charge in [0.1, 0.15) is 17.4 Å². The highest BCUT2D eigenvalue weighted by Crippen LogP contribution is 2.17. The molecule has 1 aromatic heterocycles. The fourth-order valence-corrected chi connectivity index (χ4v) is 0.961. The van der Waals surface area contributed by atoms with Gasteiger partial charge >= 0.3 is 0 Å². The van der Waals surface area contributed by atoms with E-state index in [0.29, 0.717) is 11.6 Å². The molecule has 0 aromatic carbocycles. The molecule has 0 aliphatic carbocycles.